The average Bonchev–Trinajstić information content (AvgIpc) is 2.75. The van der Waals surface area contributed by atoms with Gasteiger partial charge in [-0.1, -0.05) is 23.2 Å². The second kappa shape index (κ2) is 4.35. The molecule has 6 heteroatoms. The van der Waals surface area contributed by atoms with Gasteiger partial charge in [0.05, 0.1) is 9.90 Å². The maximum Gasteiger partial charge on any atom is 0.186 e. The number of ketones is 1. The van der Waals surface area contributed by atoms with Crippen LogP contribution in [-0.4, -0.2) is 15.6 Å². The van der Waals surface area contributed by atoms with E-state index in [1.165, 1.54) is 11.3 Å². The number of carbonyl (C=O) groups excluding carboxylic acids is 1. The lowest BCUT2D eigenvalue weighted by Gasteiger charge is -1.98. The van der Waals surface area contributed by atoms with E-state index in [-0.39, 0.29) is 12.3 Å². The standard InChI is InChI=1S/C9H6Cl2N2OS/c10-8-4-6(9(11)15-8)7(14)5-13-3-1-2-12-13/h1-4H,5H2. The van der Waals surface area contributed by atoms with E-state index in [4.69, 9.17) is 23.2 Å². The van der Waals surface area contributed by atoms with Crippen molar-refractivity contribution in [3.05, 3.63) is 38.8 Å². The highest BCUT2D eigenvalue weighted by atomic mass is 35.5. The molecule has 0 aliphatic carbocycles. The van der Waals surface area contributed by atoms with E-state index < -0.39 is 0 Å². The molecule has 0 spiro atoms. The fraction of sp³-hybridized carbons (Fsp3) is 0.111. The molecule has 0 bridgehead atoms. The van der Waals surface area contributed by atoms with E-state index in [0.29, 0.717) is 14.2 Å². The van der Waals surface area contributed by atoms with Crippen LogP contribution in [0.4, 0.5) is 0 Å². The molecule has 2 rings (SSSR count). The van der Waals surface area contributed by atoms with Gasteiger partial charge in [0.25, 0.3) is 0 Å². The first-order chi connectivity index (χ1) is 7.16. The van der Waals surface area contributed by atoms with Crippen molar-refractivity contribution in [2.24, 2.45) is 0 Å². The number of carbonyl (C=O) groups is 1. The van der Waals surface area contributed by atoms with E-state index in [1.807, 2.05) is 0 Å². The molecule has 0 N–H and O–H groups in total. The molecule has 0 radical (unpaired) electrons. The van der Waals surface area contributed by atoms with E-state index in [0.717, 1.165) is 0 Å². The summed E-state index contributed by atoms with van der Waals surface area (Å²) in [5.74, 6) is -0.0909. The van der Waals surface area contributed by atoms with Gasteiger partial charge in [0.2, 0.25) is 0 Å². The molecule has 2 aromatic rings. The smallest absolute Gasteiger partial charge is 0.186 e. The SMILES string of the molecule is O=C(Cn1cccn1)c1cc(Cl)sc1Cl. The molecule has 0 aliphatic heterocycles. The van der Waals surface area contributed by atoms with Gasteiger partial charge >= 0.3 is 0 Å². The van der Waals surface area contributed by atoms with Crippen molar-refractivity contribution < 1.29 is 4.79 Å². The van der Waals surface area contributed by atoms with Crippen LogP contribution < -0.4 is 0 Å². The number of Topliss-reactive ketones (excluding diaryl/α,β-unsaturated/α-hetero) is 1. The zero-order chi connectivity index (χ0) is 10.8. The minimum Gasteiger partial charge on any atom is -0.292 e. The number of rotatable bonds is 3. The Kier molecular flexibility index (Phi) is 3.09. The van der Waals surface area contributed by atoms with Crippen LogP contribution in [0.3, 0.4) is 0 Å². The molecule has 0 unspecified atom stereocenters. The molecule has 0 aliphatic rings. The zero-order valence-electron chi connectivity index (χ0n) is 7.48. The van der Waals surface area contributed by atoms with Crippen molar-refractivity contribution in [1.82, 2.24) is 9.78 Å². The lowest BCUT2D eigenvalue weighted by molar-refractivity contribution is 0.0968. The third-order valence-corrected chi connectivity index (χ3v) is 3.31. The molecule has 0 saturated heterocycles. The van der Waals surface area contributed by atoms with Crippen LogP contribution in [0, 0.1) is 0 Å². The number of hydrogen-bond donors (Lipinski definition) is 0. The summed E-state index contributed by atoms with van der Waals surface area (Å²) in [5, 5.41) is 3.94. The van der Waals surface area contributed by atoms with Crippen LogP contribution in [-0.2, 0) is 6.54 Å². The van der Waals surface area contributed by atoms with Gasteiger partial charge in [-0.15, -0.1) is 11.3 Å². The number of hydrogen-bond acceptors (Lipinski definition) is 3. The highest BCUT2D eigenvalue weighted by molar-refractivity contribution is 7.20. The van der Waals surface area contributed by atoms with E-state index >= 15 is 0 Å². The van der Waals surface area contributed by atoms with Crippen LogP contribution in [0.25, 0.3) is 0 Å². The summed E-state index contributed by atoms with van der Waals surface area (Å²) in [6.07, 6.45) is 3.34. The number of aromatic nitrogens is 2. The van der Waals surface area contributed by atoms with Crippen molar-refractivity contribution in [1.29, 1.82) is 0 Å². The van der Waals surface area contributed by atoms with Gasteiger partial charge in [0.1, 0.15) is 10.9 Å². The van der Waals surface area contributed by atoms with Crippen molar-refractivity contribution in [2.75, 3.05) is 0 Å². The second-order valence-corrected chi connectivity index (χ2v) is 5.15. The zero-order valence-corrected chi connectivity index (χ0v) is 9.81. The monoisotopic (exact) mass is 260 g/mol. The fourth-order valence-electron chi connectivity index (χ4n) is 1.16. The third kappa shape index (κ3) is 2.40. The van der Waals surface area contributed by atoms with Gasteiger partial charge in [0.15, 0.2) is 5.78 Å². The largest absolute Gasteiger partial charge is 0.292 e. The lowest BCUT2D eigenvalue weighted by atomic mass is 10.2. The molecule has 2 heterocycles. The van der Waals surface area contributed by atoms with Crippen molar-refractivity contribution in [2.45, 2.75) is 6.54 Å². The van der Waals surface area contributed by atoms with Crippen LogP contribution in [0.1, 0.15) is 10.4 Å². The van der Waals surface area contributed by atoms with E-state index in [9.17, 15) is 4.79 Å². The van der Waals surface area contributed by atoms with Crippen molar-refractivity contribution in [3.63, 3.8) is 0 Å². The lowest BCUT2D eigenvalue weighted by Crippen LogP contribution is -2.10. The van der Waals surface area contributed by atoms with E-state index in [2.05, 4.69) is 5.10 Å². The molecule has 15 heavy (non-hydrogen) atoms. The maximum absolute atomic E-state index is 11.7. The van der Waals surface area contributed by atoms with E-state index in [1.54, 1.807) is 29.2 Å². The molecule has 0 atom stereocenters. The Balaban J connectivity index is 2.18. The molecule has 0 fully saturated rings. The Bertz CT molecular complexity index is 478. The molecule has 0 saturated carbocycles. The number of halogens is 2. The normalized spacial score (nSPS) is 10.5. The van der Waals surface area contributed by atoms with Crippen LogP contribution in [0.2, 0.25) is 8.67 Å². The van der Waals surface area contributed by atoms with Gasteiger partial charge in [-0.05, 0) is 12.1 Å². The fourth-order valence-corrected chi connectivity index (χ4v) is 2.66. The average molecular weight is 261 g/mol. The predicted molar refractivity (Wildman–Crippen MR) is 60.9 cm³/mol. The van der Waals surface area contributed by atoms with Crippen LogP contribution in [0.5, 0.6) is 0 Å². The predicted octanol–water partition coefficient (Wildman–Crippen LogP) is 3.13. The van der Waals surface area contributed by atoms with Gasteiger partial charge in [-0.2, -0.15) is 5.10 Å². The molecule has 0 amide bonds. The Labute approximate surface area is 100 Å². The second-order valence-electron chi connectivity index (χ2n) is 2.86. The number of nitrogens with zero attached hydrogens (tertiary/aromatic N) is 2. The molecule has 78 valence electrons. The molecule has 2 aromatic heterocycles. The Morgan fingerprint density at radius 3 is 2.87 bits per heavy atom. The molecular formula is C9H6Cl2N2OS. The first-order valence-electron chi connectivity index (χ1n) is 4.12. The minimum absolute atomic E-state index is 0.0909. The van der Waals surface area contributed by atoms with Gasteiger partial charge < -0.3 is 0 Å². The topological polar surface area (TPSA) is 34.9 Å². The van der Waals surface area contributed by atoms with Crippen LogP contribution in [0.15, 0.2) is 24.5 Å². The van der Waals surface area contributed by atoms with Crippen LogP contribution >= 0.6 is 34.5 Å². The summed E-state index contributed by atoms with van der Waals surface area (Å²) in [7, 11) is 0. The first-order valence-corrected chi connectivity index (χ1v) is 5.69. The minimum atomic E-state index is -0.0909. The summed E-state index contributed by atoms with van der Waals surface area (Å²) in [6.45, 7) is 0.180. The number of thiophene rings is 1. The van der Waals surface area contributed by atoms with Crippen molar-refractivity contribution in [3.8, 4) is 0 Å². The van der Waals surface area contributed by atoms with Crippen molar-refractivity contribution >= 4 is 40.3 Å². The molecular weight excluding hydrogens is 255 g/mol. The quantitative estimate of drug-likeness (QED) is 0.795. The first kappa shape index (κ1) is 10.7. The summed E-state index contributed by atoms with van der Waals surface area (Å²) in [4.78, 5) is 11.7. The van der Waals surface area contributed by atoms with Gasteiger partial charge in [0, 0.05) is 12.4 Å². The maximum atomic E-state index is 11.7. The Morgan fingerprint density at radius 1 is 1.53 bits per heavy atom. The summed E-state index contributed by atoms with van der Waals surface area (Å²) in [5.41, 5.74) is 0.460. The van der Waals surface area contributed by atoms with Gasteiger partial charge in [-0.25, -0.2) is 0 Å². The highest BCUT2D eigenvalue weighted by Crippen LogP contribution is 2.31. The molecule has 0 aromatic carbocycles. The summed E-state index contributed by atoms with van der Waals surface area (Å²) < 4.78 is 2.49. The molecule has 3 nitrogen and oxygen atoms in total. The van der Waals surface area contributed by atoms with Gasteiger partial charge in [-0.3, -0.25) is 9.48 Å². The third-order valence-electron chi connectivity index (χ3n) is 1.82. The Morgan fingerprint density at radius 2 is 2.33 bits per heavy atom. The highest BCUT2D eigenvalue weighted by Gasteiger charge is 2.14. The summed E-state index contributed by atoms with van der Waals surface area (Å²) in [6, 6.07) is 3.34. The summed E-state index contributed by atoms with van der Waals surface area (Å²) >= 11 is 12.8. The Hall–Kier alpha value is -0.840.